The third-order valence-electron chi connectivity index (χ3n) is 5.63. The van der Waals surface area contributed by atoms with E-state index >= 15 is 0 Å². The van der Waals surface area contributed by atoms with Crippen LogP contribution in [0.15, 0.2) is 77.6 Å². The molecule has 152 valence electrons. The first kappa shape index (κ1) is 20.4. The van der Waals surface area contributed by atoms with E-state index in [1.54, 1.807) is 6.07 Å². The molecule has 0 spiro atoms. The Bertz CT molecular complexity index is 1180. The maximum atomic E-state index is 11.4. The lowest BCUT2D eigenvalue weighted by Crippen LogP contribution is -2.04. The highest BCUT2D eigenvalue weighted by Gasteiger charge is 2.10. The van der Waals surface area contributed by atoms with Crippen LogP contribution in [0, 0.1) is 19.8 Å². The van der Waals surface area contributed by atoms with E-state index in [0.717, 1.165) is 23.3 Å². The average molecular weight is 414 g/mol. The van der Waals surface area contributed by atoms with Crippen molar-refractivity contribution in [3.63, 3.8) is 0 Å². The Hall–Kier alpha value is -2.91. The van der Waals surface area contributed by atoms with Crippen LogP contribution in [0.4, 0.5) is 0 Å². The van der Waals surface area contributed by atoms with Crippen molar-refractivity contribution in [1.82, 2.24) is 4.37 Å². The molecule has 0 saturated heterocycles. The van der Waals surface area contributed by atoms with E-state index in [-0.39, 0.29) is 5.56 Å². The molecule has 0 saturated carbocycles. The maximum absolute atomic E-state index is 11.4. The number of benzene rings is 3. The minimum Gasteiger partial charge on any atom is -0.277 e. The van der Waals surface area contributed by atoms with Gasteiger partial charge in [-0.15, -0.1) is 0 Å². The quantitative estimate of drug-likeness (QED) is 0.370. The number of hydrogen-bond donors (Lipinski definition) is 1. The molecule has 0 bridgehead atoms. The van der Waals surface area contributed by atoms with Crippen LogP contribution in [0.1, 0.15) is 29.2 Å². The Morgan fingerprint density at radius 3 is 2.13 bits per heavy atom. The molecule has 2 nitrogen and oxygen atoms in total. The number of H-pyrrole nitrogens is 1. The molecule has 4 rings (SSSR count). The number of aromatic amines is 1. The summed E-state index contributed by atoms with van der Waals surface area (Å²) < 4.78 is 2.75. The lowest BCUT2D eigenvalue weighted by Gasteiger charge is -2.15. The lowest BCUT2D eigenvalue weighted by atomic mass is 9.90. The largest absolute Gasteiger partial charge is 0.277 e. The smallest absolute Gasteiger partial charge is 0.258 e. The van der Waals surface area contributed by atoms with Crippen molar-refractivity contribution in [3.05, 3.63) is 105 Å². The highest BCUT2D eigenvalue weighted by atomic mass is 32.1. The van der Waals surface area contributed by atoms with Gasteiger partial charge < -0.3 is 0 Å². The Balaban J connectivity index is 1.45. The molecule has 0 fully saturated rings. The van der Waals surface area contributed by atoms with Crippen molar-refractivity contribution < 1.29 is 0 Å². The van der Waals surface area contributed by atoms with Crippen LogP contribution < -0.4 is 5.56 Å². The van der Waals surface area contributed by atoms with Gasteiger partial charge in [0.25, 0.3) is 5.56 Å². The van der Waals surface area contributed by atoms with Gasteiger partial charge in [-0.05, 0) is 71.6 Å². The Labute approximate surface area is 182 Å². The van der Waals surface area contributed by atoms with Crippen LogP contribution in [-0.2, 0) is 12.8 Å². The number of hydrogen-bond acceptors (Lipinski definition) is 2. The van der Waals surface area contributed by atoms with E-state index in [1.165, 1.54) is 44.9 Å². The van der Waals surface area contributed by atoms with Crippen LogP contribution in [0.3, 0.4) is 0 Å². The summed E-state index contributed by atoms with van der Waals surface area (Å²) in [5.74, 6) is 0.549. The molecular formula is C27H27NOS. The van der Waals surface area contributed by atoms with Gasteiger partial charge in [0.1, 0.15) is 0 Å². The van der Waals surface area contributed by atoms with Gasteiger partial charge in [0.2, 0.25) is 0 Å². The fraction of sp³-hybridized carbons (Fsp3) is 0.222. The molecule has 1 aromatic heterocycles. The molecule has 30 heavy (non-hydrogen) atoms. The second-order valence-corrected chi connectivity index (χ2v) is 9.10. The van der Waals surface area contributed by atoms with E-state index in [4.69, 9.17) is 0 Å². The van der Waals surface area contributed by atoms with Gasteiger partial charge in [-0.25, -0.2) is 0 Å². The Morgan fingerprint density at radius 2 is 1.47 bits per heavy atom. The molecule has 0 aliphatic carbocycles. The summed E-state index contributed by atoms with van der Waals surface area (Å²) in [5, 5.41) is 0. The minimum atomic E-state index is -0.0316. The van der Waals surface area contributed by atoms with Crippen molar-refractivity contribution in [1.29, 1.82) is 0 Å². The highest BCUT2D eigenvalue weighted by Crippen LogP contribution is 2.29. The summed E-state index contributed by atoms with van der Waals surface area (Å²) in [6.07, 6.45) is 2.09. The van der Waals surface area contributed by atoms with Crippen LogP contribution >= 0.6 is 11.5 Å². The van der Waals surface area contributed by atoms with Crippen LogP contribution in [0.2, 0.25) is 0 Å². The van der Waals surface area contributed by atoms with Crippen molar-refractivity contribution in [2.75, 3.05) is 0 Å². The fourth-order valence-corrected chi connectivity index (χ4v) is 4.92. The van der Waals surface area contributed by atoms with Crippen LogP contribution in [-0.4, -0.2) is 4.37 Å². The normalized spacial score (nSPS) is 12.1. The van der Waals surface area contributed by atoms with E-state index in [1.807, 2.05) is 0 Å². The molecule has 1 heterocycles. The molecule has 0 amide bonds. The zero-order valence-electron chi connectivity index (χ0n) is 17.7. The first-order valence-corrected chi connectivity index (χ1v) is 11.2. The average Bonchev–Trinajstić information content (AvgIpc) is 3.15. The summed E-state index contributed by atoms with van der Waals surface area (Å²) in [6, 6.07) is 25.7. The van der Waals surface area contributed by atoms with E-state index < -0.39 is 0 Å². The molecule has 0 aliphatic heterocycles. The highest BCUT2D eigenvalue weighted by molar-refractivity contribution is 7.09. The monoisotopic (exact) mass is 413 g/mol. The molecule has 1 atom stereocenters. The van der Waals surface area contributed by atoms with Crippen molar-refractivity contribution in [2.24, 2.45) is 5.92 Å². The zero-order valence-corrected chi connectivity index (χ0v) is 18.6. The molecule has 3 aromatic carbocycles. The van der Waals surface area contributed by atoms with Gasteiger partial charge in [0, 0.05) is 6.07 Å². The Morgan fingerprint density at radius 1 is 0.800 bits per heavy atom. The van der Waals surface area contributed by atoms with Gasteiger partial charge in [-0.3, -0.25) is 9.17 Å². The molecule has 1 N–H and O–H groups in total. The third-order valence-corrected chi connectivity index (χ3v) is 6.50. The first-order chi connectivity index (χ1) is 14.5. The summed E-state index contributed by atoms with van der Waals surface area (Å²) in [5.41, 5.74) is 9.10. The van der Waals surface area contributed by atoms with Gasteiger partial charge in [0.15, 0.2) is 0 Å². The summed E-state index contributed by atoms with van der Waals surface area (Å²) in [4.78, 5) is 12.3. The summed E-state index contributed by atoms with van der Waals surface area (Å²) in [6.45, 7) is 6.69. The van der Waals surface area contributed by atoms with Crippen LogP contribution in [0.25, 0.3) is 21.6 Å². The van der Waals surface area contributed by atoms with Crippen molar-refractivity contribution >= 4 is 11.5 Å². The van der Waals surface area contributed by atoms with Crippen molar-refractivity contribution in [3.8, 4) is 21.6 Å². The van der Waals surface area contributed by atoms with Crippen LogP contribution in [0.5, 0.6) is 0 Å². The molecule has 0 radical (unpaired) electrons. The number of aryl methyl sites for hydroxylation is 2. The summed E-state index contributed by atoms with van der Waals surface area (Å²) in [7, 11) is 0. The fourth-order valence-electron chi connectivity index (χ4n) is 4.23. The minimum absolute atomic E-state index is 0.0316. The molecular weight excluding hydrogens is 386 g/mol. The van der Waals surface area contributed by atoms with Gasteiger partial charge in [-0.2, -0.15) is 0 Å². The SMILES string of the molecule is Cc1cccc(C)c1-c1cccc(CC(C)Cc2ccc(-c3cc(=O)[nH]s3)cc2)c1. The van der Waals surface area contributed by atoms with Crippen molar-refractivity contribution in [2.45, 2.75) is 33.6 Å². The van der Waals surface area contributed by atoms with Gasteiger partial charge in [-0.1, -0.05) is 85.2 Å². The number of nitrogens with one attached hydrogen (secondary N) is 1. The Kier molecular flexibility index (Phi) is 6.01. The van der Waals surface area contributed by atoms with Gasteiger partial charge >= 0.3 is 0 Å². The van der Waals surface area contributed by atoms with E-state index in [2.05, 4.69) is 91.9 Å². The second kappa shape index (κ2) is 8.85. The van der Waals surface area contributed by atoms with Gasteiger partial charge in [0.05, 0.1) is 4.88 Å². The van der Waals surface area contributed by atoms with E-state index in [9.17, 15) is 4.79 Å². The standard InChI is InChI=1S/C27H27NOS/c1-18(14-21-10-12-23(13-11-21)25-17-26(29)28-30-25)15-22-8-5-9-24(16-22)27-19(2)6-4-7-20(27)3/h4-13,16-18H,14-15H2,1-3H3,(H,28,29). The second-order valence-electron chi connectivity index (χ2n) is 8.25. The lowest BCUT2D eigenvalue weighted by molar-refractivity contribution is 0.577. The maximum Gasteiger partial charge on any atom is 0.258 e. The molecule has 1 unspecified atom stereocenters. The first-order valence-electron chi connectivity index (χ1n) is 10.4. The van der Waals surface area contributed by atoms with E-state index in [0.29, 0.717) is 5.92 Å². The third kappa shape index (κ3) is 4.63. The number of aromatic nitrogens is 1. The zero-order chi connectivity index (χ0) is 21.1. The molecule has 0 aliphatic rings. The predicted molar refractivity (Wildman–Crippen MR) is 128 cm³/mol. The topological polar surface area (TPSA) is 32.9 Å². The number of rotatable bonds is 6. The summed E-state index contributed by atoms with van der Waals surface area (Å²) >= 11 is 1.39. The molecule has 3 heteroatoms. The predicted octanol–water partition coefficient (Wildman–Crippen LogP) is 6.81. The molecule has 4 aromatic rings.